The molecule has 3 aromatic rings. The van der Waals surface area contributed by atoms with Gasteiger partial charge < -0.3 is 15.0 Å². The number of rotatable bonds is 8. The predicted molar refractivity (Wildman–Crippen MR) is 145 cm³/mol. The average molecular weight is 500 g/mol. The summed E-state index contributed by atoms with van der Waals surface area (Å²) in [6.07, 6.45) is 7.73. The Morgan fingerprint density at radius 3 is 2.54 bits per heavy atom. The zero-order valence-electron chi connectivity index (χ0n) is 22.0. The molecule has 0 saturated carbocycles. The maximum Gasteiger partial charge on any atom is 0.354 e. The molecule has 4 rings (SSSR count). The first-order valence-corrected chi connectivity index (χ1v) is 12.7. The van der Waals surface area contributed by atoms with E-state index in [1.165, 1.54) is 12.3 Å². The summed E-state index contributed by atoms with van der Waals surface area (Å²) in [5, 5.41) is 13.1. The molecule has 1 aliphatic carbocycles. The standard InChI is InChI=1S/C30H33N3O4/c1-6-7-20-10-18(4)11-27(34)24(20)15-32-29(35)23-12-22(21-8-9-25(30(36)37)31-14-21)13-26-28(23)19(5)16-33(26)17(2)3/h8-10,12-14,16-17H,6-7,11,15H2,1-5H3,(H,32,35)(H,36,37). The summed E-state index contributed by atoms with van der Waals surface area (Å²) in [7, 11) is 0. The Hall–Kier alpha value is -4.00. The topological polar surface area (TPSA) is 101 Å². The molecule has 2 aromatic heterocycles. The molecule has 0 fully saturated rings. The molecule has 0 atom stereocenters. The van der Waals surface area contributed by atoms with Gasteiger partial charge in [0.15, 0.2) is 5.78 Å². The minimum atomic E-state index is -1.09. The van der Waals surface area contributed by atoms with E-state index in [4.69, 9.17) is 0 Å². The molecule has 0 aliphatic heterocycles. The van der Waals surface area contributed by atoms with E-state index in [1.807, 2.05) is 32.2 Å². The first-order valence-electron chi connectivity index (χ1n) is 12.7. The van der Waals surface area contributed by atoms with Gasteiger partial charge in [-0.1, -0.05) is 31.1 Å². The Morgan fingerprint density at radius 1 is 1.16 bits per heavy atom. The maximum atomic E-state index is 13.6. The second kappa shape index (κ2) is 10.5. The third kappa shape index (κ3) is 5.26. The zero-order valence-corrected chi connectivity index (χ0v) is 22.0. The monoisotopic (exact) mass is 499 g/mol. The van der Waals surface area contributed by atoms with Crippen molar-refractivity contribution in [1.29, 1.82) is 0 Å². The number of aryl methyl sites for hydroxylation is 1. The van der Waals surface area contributed by atoms with Crippen LogP contribution < -0.4 is 5.32 Å². The van der Waals surface area contributed by atoms with Gasteiger partial charge in [-0.3, -0.25) is 9.59 Å². The minimum Gasteiger partial charge on any atom is -0.477 e. The lowest BCUT2D eigenvalue weighted by Gasteiger charge is -2.19. The maximum absolute atomic E-state index is 13.6. The number of aromatic nitrogens is 2. The van der Waals surface area contributed by atoms with Crippen molar-refractivity contribution in [2.24, 2.45) is 0 Å². The summed E-state index contributed by atoms with van der Waals surface area (Å²) < 4.78 is 2.13. The SMILES string of the molecule is CCCC1=C(CNC(=O)c2cc(-c3ccc(C(=O)O)nc3)cc3c2c(C)cn3C(C)C)C(=O)CC(C)=C1. The number of hydrogen-bond donors (Lipinski definition) is 2. The number of nitrogens with one attached hydrogen (secondary N) is 1. The smallest absolute Gasteiger partial charge is 0.354 e. The minimum absolute atomic E-state index is 0.0400. The van der Waals surface area contributed by atoms with E-state index in [2.05, 4.69) is 41.7 Å². The number of nitrogens with zero attached hydrogens (tertiary/aromatic N) is 2. The van der Waals surface area contributed by atoms with Crippen molar-refractivity contribution in [3.63, 3.8) is 0 Å². The fourth-order valence-electron chi connectivity index (χ4n) is 4.99. The number of carboxylic acid groups (broad SMARTS) is 1. The largest absolute Gasteiger partial charge is 0.477 e. The number of Topliss-reactive ketones (excluding diaryl/α,β-unsaturated/α-hetero) is 1. The van der Waals surface area contributed by atoms with Crippen LogP contribution >= 0.6 is 0 Å². The number of ketones is 1. The van der Waals surface area contributed by atoms with E-state index >= 15 is 0 Å². The van der Waals surface area contributed by atoms with Crippen molar-refractivity contribution in [3.05, 3.63) is 76.3 Å². The summed E-state index contributed by atoms with van der Waals surface area (Å²) in [5.74, 6) is -1.28. The quantitative estimate of drug-likeness (QED) is 0.394. The number of allylic oxidation sites excluding steroid dienone is 3. The molecule has 7 heteroatoms. The van der Waals surface area contributed by atoms with Crippen molar-refractivity contribution in [2.45, 2.75) is 59.9 Å². The number of aromatic carboxylic acids is 1. The van der Waals surface area contributed by atoms with Crippen LogP contribution in [0.5, 0.6) is 0 Å². The third-order valence-corrected chi connectivity index (χ3v) is 6.77. The van der Waals surface area contributed by atoms with Crippen LogP contribution in [0.2, 0.25) is 0 Å². The predicted octanol–water partition coefficient (Wildman–Crippen LogP) is 6.04. The lowest BCUT2D eigenvalue weighted by molar-refractivity contribution is -0.115. The number of hydrogen-bond acceptors (Lipinski definition) is 4. The van der Waals surface area contributed by atoms with Crippen LogP contribution in [-0.2, 0) is 4.79 Å². The van der Waals surface area contributed by atoms with Gasteiger partial charge in [0.2, 0.25) is 0 Å². The van der Waals surface area contributed by atoms with E-state index in [-0.39, 0.29) is 30.0 Å². The highest BCUT2D eigenvalue weighted by molar-refractivity contribution is 6.10. The first kappa shape index (κ1) is 26.1. The lowest BCUT2D eigenvalue weighted by atomic mass is 9.89. The van der Waals surface area contributed by atoms with Crippen molar-refractivity contribution >= 4 is 28.6 Å². The van der Waals surface area contributed by atoms with Gasteiger partial charge >= 0.3 is 5.97 Å². The Kier molecular flexibility index (Phi) is 7.43. The molecular weight excluding hydrogens is 466 g/mol. The highest BCUT2D eigenvalue weighted by Crippen LogP contribution is 2.33. The number of carbonyl (C=O) groups is 3. The summed E-state index contributed by atoms with van der Waals surface area (Å²) in [5.41, 5.74) is 6.58. The second-order valence-corrected chi connectivity index (χ2v) is 10.00. The van der Waals surface area contributed by atoms with Gasteiger partial charge in [0.25, 0.3) is 5.91 Å². The molecule has 37 heavy (non-hydrogen) atoms. The fraction of sp³-hybridized carbons (Fsp3) is 0.333. The Balaban J connectivity index is 1.77. The zero-order chi connectivity index (χ0) is 26.9. The summed E-state index contributed by atoms with van der Waals surface area (Å²) in [6.45, 7) is 10.4. The van der Waals surface area contributed by atoms with E-state index < -0.39 is 5.97 Å². The molecule has 2 N–H and O–H groups in total. The number of pyridine rings is 1. The Bertz CT molecular complexity index is 1460. The number of carbonyl (C=O) groups excluding carboxylic acids is 2. The number of benzene rings is 1. The van der Waals surface area contributed by atoms with Gasteiger partial charge in [0.05, 0.1) is 0 Å². The van der Waals surface area contributed by atoms with Crippen LogP contribution in [-0.4, -0.2) is 38.9 Å². The van der Waals surface area contributed by atoms with E-state index in [1.54, 1.807) is 6.07 Å². The van der Waals surface area contributed by atoms with Crippen LogP contribution in [0.4, 0.5) is 0 Å². The molecule has 7 nitrogen and oxygen atoms in total. The summed E-state index contributed by atoms with van der Waals surface area (Å²) in [4.78, 5) is 41.7. The fourth-order valence-corrected chi connectivity index (χ4v) is 4.99. The number of amides is 1. The molecule has 0 spiro atoms. The van der Waals surface area contributed by atoms with Crippen LogP contribution in [0, 0.1) is 6.92 Å². The first-order chi connectivity index (χ1) is 17.6. The van der Waals surface area contributed by atoms with Crippen LogP contribution in [0.15, 0.2) is 59.5 Å². The van der Waals surface area contributed by atoms with Crippen LogP contribution in [0.1, 0.15) is 79.4 Å². The molecule has 0 bridgehead atoms. The molecule has 1 aromatic carbocycles. The molecule has 1 aliphatic rings. The highest BCUT2D eigenvalue weighted by Gasteiger charge is 2.22. The molecule has 0 unspecified atom stereocenters. The van der Waals surface area contributed by atoms with Gasteiger partial charge in [-0.05, 0) is 69.0 Å². The van der Waals surface area contributed by atoms with Crippen molar-refractivity contribution < 1.29 is 19.5 Å². The second-order valence-electron chi connectivity index (χ2n) is 10.00. The van der Waals surface area contributed by atoms with E-state index in [0.29, 0.717) is 23.1 Å². The molecule has 1 amide bonds. The van der Waals surface area contributed by atoms with Gasteiger partial charge in [0, 0.05) is 59.0 Å². The van der Waals surface area contributed by atoms with Gasteiger partial charge in [-0.2, -0.15) is 0 Å². The van der Waals surface area contributed by atoms with Gasteiger partial charge in [-0.25, -0.2) is 9.78 Å². The van der Waals surface area contributed by atoms with Crippen LogP contribution in [0.25, 0.3) is 22.0 Å². The Labute approximate surface area is 216 Å². The summed E-state index contributed by atoms with van der Waals surface area (Å²) in [6, 6.07) is 7.16. The molecule has 192 valence electrons. The van der Waals surface area contributed by atoms with Crippen molar-refractivity contribution in [3.8, 4) is 11.1 Å². The molecule has 0 saturated heterocycles. The Morgan fingerprint density at radius 2 is 1.92 bits per heavy atom. The average Bonchev–Trinajstić information content (AvgIpc) is 3.19. The molecular formula is C30H33N3O4. The molecule has 0 radical (unpaired) electrons. The highest BCUT2D eigenvalue weighted by atomic mass is 16.4. The van der Waals surface area contributed by atoms with Crippen molar-refractivity contribution in [1.82, 2.24) is 14.9 Å². The van der Waals surface area contributed by atoms with Gasteiger partial charge in [0.1, 0.15) is 5.69 Å². The lowest BCUT2D eigenvalue weighted by Crippen LogP contribution is -2.29. The van der Waals surface area contributed by atoms with Crippen molar-refractivity contribution in [2.75, 3.05) is 6.54 Å². The van der Waals surface area contributed by atoms with E-state index in [0.717, 1.165) is 46.0 Å². The van der Waals surface area contributed by atoms with Crippen LogP contribution in [0.3, 0.4) is 0 Å². The number of fused-ring (bicyclic) bond motifs is 1. The number of carboxylic acids is 1. The van der Waals surface area contributed by atoms with E-state index in [9.17, 15) is 19.5 Å². The normalized spacial score (nSPS) is 13.9. The molecule has 2 heterocycles. The summed E-state index contributed by atoms with van der Waals surface area (Å²) >= 11 is 0. The van der Waals surface area contributed by atoms with Gasteiger partial charge in [-0.15, -0.1) is 0 Å². The third-order valence-electron chi connectivity index (χ3n) is 6.77.